The van der Waals surface area contributed by atoms with Crippen molar-refractivity contribution >= 4 is 5.82 Å². The van der Waals surface area contributed by atoms with Crippen LogP contribution in [0.25, 0.3) is 22.5 Å². The molecule has 0 aliphatic carbocycles. The molecule has 5 heteroatoms. The van der Waals surface area contributed by atoms with Crippen LogP contribution in [0.5, 0.6) is 0 Å². The van der Waals surface area contributed by atoms with Gasteiger partial charge >= 0.3 is 0 Å². The molecule has 0 radical (unpaired) electrons. The molecule has 0 fully saturated rings. The van der Waals surface area contributed by atoms with Gasteiger partial charge in [-0.1, -0.05) is 35.0 Å². The van der Waals surface area contributed by atoms with E-state index < -0.39 is 5.82 Å². The zero-order valence-electron chi connectivity index (χ0n) is 10.8. The van der Waals surface area contributed by atoms with Crippen LogP contribution in [0.2, 0.25) is 0 Å². The summed E-state index contributed by atoms with van der Waals surface area (Å²) in [5.41, 5.74) is 8.67. The van der Waals surface area contributed by atoms with Gasteiger partial charge in [0.25, 0.3) is 0 Å². The molecule has 20 heavy (non-hydrogen) atoms. The van der Waals surface area contributed by atoms with Gasteiger partial charge in [-0.05, 0) is 18.6 Å². The third-order valence-electron chi connectivity index (χ3n) is 3.04. The van der Waals surface area contributed by atoms with Crippen LogP contribution in [0.15, 0.2) is 47.2 Å². The van der Waals surface area contributed by atoms with Crippen molar-refractivity contribution in [2.45, 2.75) is 6.92 Å². The molecule has 0 saturated heterocycles. The molecule has 2 N–H and O–H groups in total. The summed E-state index contributed by atoms with van der Waals surface area (Å²) in [5, 5.41) is 3.76. The van der Waals surface area contributed by atoms with E-state index in [0.717, 1.165) is 17.3 Å². The van der Waals surface area contributed by atoms with Crippen molar-refractivity contribution in [1.82, 2.24) is 10.1 Å². The molecule has 0 spiro atoms. The average molecular weight is 269 g/mol. The molecular weight excluding hydrogens is 257 g/mol. The fraction of sp³-hybridized carbons (Fsp3) is 0.0667. The molecule has 2 heterocycles. The van der Waals surface area contributed by atoms with Gasteiger partial charge in [-0.2, -0.15) is 0 Å². The Kier molecular flexibility index (Phi) is 2.95. The molecular formula is C15H12FN3O. The van der Waals surface area contributed by atoms with Gasteiger partial charge in [0.2, 0.25) is 0 Å². The first-order chi connectivity index (χ1) is 9.66. The minimum Gasteiger partial charge on any atom is -0.380 e. The first-order valence-electron chi connectivity index (χ1n) is 6.09. The van der Waals surface area contributed by atoms with E-state index in [4.69, 9.17) is 10.3 Å². The Hall–Kier alpha value is -2.69. The van der Waals surface area contributed by atoms with E-state index in [9.17, 15) is 4.39 Å². The lowest BCUT2D eigenvalue weighted by molar-refractivity contribution is 0.433. The molecule has 2 aromatic heterocycles. The van der Waals surface area contributed by atoms with Crippen molar-refractivity contribution in [3.05, 3.63) is 54.1 Å². The standard InChI is InChI=1S/C15H12FN3O/c1-9-3-2-4-10(7-9)13-14(20-19-15(13)17)11-5-6-18-8-12(11)16/h2-8H,1H3,(H2,17,19). The van der Waals surface area contributed by atoms with E-state index in [2.05, 4.69) is 10.1 Å². The summed E-state index contributed by atoms with van der Waals surface area (Å²) in [7, 11) is 0. The van der Waals surface area contributed by atoms with Crippen LogP contribution in [0, 0.1) is 12.7 Å². The van der Waals surface area contributed by atoms with Crippen molar-refractivity contribution < 1.29 is 8.91 Å². The average Bonchev–Trinajstić information content (AvgIpc) is 2.81. The van der Waals surface area contributed by atoms with Gasteiger partial charge in [0.1, 0.15) is 0 Å². The highest BCUT2D eigenvalue weighted by Crippen LogP contribution is 2.37. The number of benzene rings is 1. The van der Waals surface area contributed by atoms with E-state index in [-0.39, 0.29) is 5.82 Å². The second-order valence-corrected chi connectivity index (χ2v) is 4.50. The Balaban J connectivity index is 2.23. The maximum absolute atomic E-state index is 13.9. The predicted molar refractivity (Wildman–Crippen MR) is 74.3 cm³/mol. The summed E-state index contributed by atoms with van der Waals surface area (Å²) < 4.78 is 19.1. The van der Waals surface area contributed by atoms with Crippen LogP contribution in [0.1, 0.15) is 5.56 Å². The van der Waals surface area contributed by atoms with Crippen molar-refractivity contribution in [3.63, 3.8) is 0 Å². The van der Waals surface area contributed by atoms with Gasteiger partial charge in [-0.3, -0.25) is 4.98 Å². The number of hydrogen-bond acceptors (Lipinski definition) is 4. The third kappa shape index (κ3) is 2.03. The van der Waals surface area contributed by atoms with Gasteiger partial charge in [0, 0.05) is 6.20 Å². The Labute approximate surface area is 115 Å². The number of nitrogens with zero attached hydrogens (tertiary/aromatic N) is 2. The number of aromatic nitrogens is 2. The Bertz CT molecular complexity index is 767. The lowest BCUT2D eigenvalue weighted by Gasteiger charge is -2.04. The summed E-state index contributed by atoms with van der Waals surface area (Å²) >= 11 is 0. The molecule has 3 aromatic rings. The Morgan fingerprint density at radius 3 is 2.85 bits per heavy atom. The normalized spacial score (nSPS) is 10.7. The highest BCUT2D eigenvalue weighted by atomic mass is 19.1. The van der Waals surface area contributed by atoms with E-state index >= 15 is 0 Å². The maximum Gasteiger partial charge on any atom is 0.179 e. The number of pyridine rings is 1. The van der Waals surface area contributed by atoms with Crippen LogP contribution in [-0.4, -0.2) is 10.1 Å². The van der Waals surface area contributed by atoms with Crippen molar-refractivity contribution in [2.24, 2.45) is 0 Å². The molecule has 0 aliphatic heterocycles. The fourth-order valence-corrected chi connectivity index (χ4v) is 2.13. The Morgan fingerprint density at radius 1 is 1.25 bits per heavy atom. The molecule has 4 nitrogen and oxygen atoms in total. The summed E-state index contributed by atoms with van der Waals surface area (Å²) in [4.78, 5) is 3.73. The monoisotopic (exact) mass is 269 g/mol. The summed E-state index contributed by atoms with van der Waals surface area (Å²) in [6.07, 6.45) is 2.63. The van der Waals surface area contributed by atoms with Crippen molar-refractivity contribution in [1.29, 1.82) is 0 Å². The van der Waals surface area contributed by atoms with Crippen LogP contribution in [0.3, 0.4) is 0 Å². The fourth-order valence-electron chi connectivity index (χ4n) is 2.13. The minimum absolute atomic E-state index is 0.238. The molecule has 0 bridgehead atoms. The Morgan fingerprint density at radius 2 is 2.10 bits per heavy atom. The lowest BCUT2D eigenvalue weighted by atomic mass is 10.0. The lowest BCUT2D eigenvalue weighted by Crippen LogP contribution is -1.91. The number of nitrogens with two attached hydrogens (primary N) is 1. The van der Waals surface area contributed by atoms with Gasteiger partial charge in [-0.15, -0.1) is 0 Å². The first kappa shape index (κ1) is 12.3. The smallest absolute Gasteiger partial charge is 0.179 e. The quantitative estimate of drug-likeness (QED) is 0.774. The van der Waals surface area contributed by atoms with Gasteiger partial charge in [0.15, 0.2) is 17.4 Å². The second kappa shape index (κ2) is 4.77. The van der Waals surface area contributed by atoms with Crippen LogP contribution in [-0.2, 0) is 0 Å². The van der Waals surface area contributed by atoms with Crippen molar-refractivity contribution in [3.8, 4) is 22.5 Å². The highest BCUT2D eigenvalue weighted by Gasteiger charge is 2.20. The first-order valence-corrected chi connectivity index (χ1v) is 6.09. The summed E-state index contributed by atoms with van der Waals surface area (Å²) in [6.45, 7) is 1.97. The van der Waals surface area contributed by atoms with Crippen LogP contribution < -0.4 is 5.73 Å². The van der Waals surface area contributed by atoms with E-state index in [0.29, 0.717) is 16.9 Å². The van der Waals surface area contributed by atoms with Crippen LogP contribution >= 0.6 is 0 Å². The molecule has 100 valence electrons. The maximum atomic E-state index is 13.9. The summed E-state index contributed by atoms with van der Waals surface area (Å²) in [5.74, 6) is 0.0763. The zero-order valence-corrected chi connectivity index (χ0v) is 10.8. The van der Waals surface area contributed by atoms with Gasteiger partial charge in [-0.25, -0.2) is 4.39 Å². The minimum atomic E-state index is -0.474. The summed E-state index contributed by atoms with van der Waals surface area (Å²) in [6, 6.07) is 9.25. The van der Waals surface area contributed by atoms with Crippen LogP contribution in [0.4, 0.5) is 10.2 Å². The molecule has 0 amide bonds. The number of hydrogen-bond donors (Lipinski definition) is 1. The predicted octanol–water partition coefficient (Wildman–Crippen LogP) is 3.43. The van der Waals surface area contributed by atoms with Crippen molar-refractivity contribution in [2.75, 3.05) is 5.73 Å². The van der Waals surface area contributed by atoms with Gasteiger partial charge in [0.05, 0.1) is 17.3 Å². The number of nitrogen functional groups attached to an aromatic ring is 1. The molecule has 3 rings (SSSR count). The van der Waals surface area contributed by atoms with Gasteiger partial charge < -0.3 is 10.3 Å². The van der Waals surface area contributed by atoms with E-state index in [1.165, 1.54) is 12.3 Å². The molecule has 0 aliphatic rings. The number of aryl methyl sites for hydroxylation is 1. The number of rotatable bonds is 2. The van der Waals surface area contributed by atoms with E-state index in [1.807, 2.05) is 31.2 Å². The SMILES string of the molecule is Cc1cccc(-c2c(N)noc2-c2ccncc2F)c1. The molecule has 0 unspecified atom stereocenters. The molecule has 0 atom stereocenters. The molecule has 0 saturated carbocycles. The topological polar surface area (TPSA) is 64.9 Å². The van der Waals surface area contributed by atoms with E-state index in [1.54, 1.807) is 0 Å². The molecule has 1 aromatic carbocycles. The number of anilines is 1. The second-order valence-electron chi connectivity index (χ2n) is 4.50. The zero-order chi connectivity index (χ0) is 14.1. The number of halogens is 1. The third-order valence-corrected chi connectivity index (χ3v) is 3.04. The highest BCUT2D eigenvalue weighted by molar-refractivity contribution is 5.86. The largest absolute Gasteiger partial charge is 0.380 e.